The standard InChI is InChI=1S/C17H24F3N2O6PS/c1-4-26-14(23)12-22(15(24)16(18,19)20)17(21,29(25,27-5-2)28-6-3)30-13-10-8-7-9-11-13/h7-11H,4-6,12,21H2,1-3H3. The zero-order valence-electron chi connectivity index (χ0n) is 16.7. The highest BCUT2D eigenvalue weighted by molar-refractivity contribution is 8.06. The fraction of sp³-hybridized carbons (Fsp3) is 0.529. The van der Waals surface area contributed by atoms with Crippen LogP contribution in [0, 0.1) is 0 Å². The monoisotopic (exact) mass is 472 g/mol. The number of rotatable bonds is 11. The number of carbonyl (C=O) groups excluding carboxylic acids is 2. The molecule has 0 saturated heterocycles. The third kappa shape index (κ3) is 6.45. The van der Waals surface area contributed by atoms with Gasteiger partial charge in [-0.3, -0.25) is 24.8 Å². The summed E-state index contributed by atoms with van der Waals surface area (Å²) < 4.78 is 66.0. The molecule has 1 unspecified atom stereocenters. The first-order valence-electron chi connectivity index (χ1n) is 8.91. The molecule has 0 aliphatic heterocycles. The number of nitrogens with two attached hydrogens (primary N) is 1. The van der Waals surface area contributed by atoms with Gasteiger partial charge < -0.3 is 13.8 Å². The van der Waals surface area contributed by atoms with Gasteiger partial charge in [-0.1, -0.05) is 30.0 Å². The molecule has 0 aliphatic carbocycles. The van der Waals surface area contributed by atoms with Crippen LogP contribution in [-0.2, 0) is 27.9 Å². The predicted molar refractivity (Wildman–Crippen MR) is 104 cm³/mol. The van der Waals surface area contributed by atoms with E-state index in [4.69, 9.17) is 14.8 Å². The number of carbonyl (C=O) groups is 2. The average molecular weight is 472 g/mol. The fourth-order valence-corrected chi connectivity index (χ4v) is 5.86. The molecule has 30 heavy (non-hydrogen) atoms. The molecule has 1 aromatic rings. The molecule has 0 aromatic heterocycles. The molecule has 0 heterocycles. The summed E-state index contributed by atoms with van der Waals surface area (Å²) in [5.74, 6) is -3.65. The second kappa shape index (κ2) is 11.1. The molecule has 0 bridgehead atoms. The first-order valence-corrected chi connectivity index (χ1v) is 11.3. The van der Waals surface area contributed by atoms with Crippen molar-refractivity contribution in [1.29, 1.82) is 0 Å². The van der Waals surface area contributed by atoms with Gasteiger partial charge in [-0.25, -0.2) is 0 Å². The van der Waals surface area contributed by atoms with Crippen molar-refractivity contribution in [1.82, 2.24) is 4.90 Å². The van der Waals surface area contributed by atoms with Crippen LogP contribution in [0.3, 0.4) is 0 Å². The van der Waals surface area contributed by atoms with Crippen molar-refractivity contribution in [3.05, 3.63) is 30.3 Å². The van der Waals surface area contributed by atoms with E-state index < -0.39 is 36.9 Å². The van der Waals surface area contributed by atoms with Crippen LogP contribution in [0.4, 0.5) is 13.2 Å². The van der Waals surface area contributed by atoms with E-state index in [2.05, 4.69) is 4.74 Å². The highest BCUT2D eigenvalue weighted by atomic mass is 32.2. The fourth-order valence-electron chi connectivity index (χ4n) is 2.30. The molecule has 0 spiro atoms. The smallest absolute Gasteiger partial charge is 0.465 e. The first kappa shape index (κ1) is 26.4. The summed E-state index contributed by atoms with van der Waals surface area (Å²) in [6.07, 6.45) is -5.42. The van der Waals surface area contributed by atoms with Crippen LogP contribution in [0.5, 0.6) is 0 Å². The van der Waals surface area contributed by atoms with Gasteiger partial charge in [0.05, 0.1) is 19.8 Å². The lowest BCUT2D eigenvalue weighted by Gasteiger charge is -2.42. The molecule has 1 atom stereocenters. The predicted octanol–water partition coefficient (Wildman–Crippen LogP) is 3.57. The van der Waals surface area contributed by atoms with Crippen molar-refractivity contribution in [3.8, 4) is 0 Å². The summed E-state index contributed by atoms with van der Waals surface area (Å²) in [4.78, 5) is 24.5. The van der Waals surface area contributed by atoms with E-state index in [9.17, 15) is 27.3 Å². The van der Waals surface area contributed by atoms with E-state index in [0.717, 1.165) is 0 Å². The number of hydrogen-bond acceptors (Lipinski definition) is 8. The van der Waals surface area contributed by atoms with Crippen LogP contribution in [-0.4, -0.2) is 54.1 Å². The Balaban J connectivity index is 3.66. The topological polar surface area (TPSA) is 108 Å². The molecule has 13 heteroatoms. The number of alkyl halides is 3. The molecule has 0 fully saturated rings. The molecule has 170 valence electrons. The number of esters is 1. The second-order valence-corrected chi connectivity index (χ2v) is 9.39. The highest BCUT2D eigenvalue weighted by Crippen LogP contribution is 2.65. The van der Waals surface area contributed by atoms with Crippen LogP contribution in [0.2, 0.25) is 0 Å². The van der Waals surface area contributed by atoms with Crippen LogP contribution in [0.25, 0.3) is 0 Å². The summed E-state index contributed by atoms with van der Waals surface area (Å²) >= 11 is 0.452. The molecular weight excluding hydrogens is 448 g/mol. The van der Waals surface area contributed by atoms with Gasteiger partial charge in [0.15, 0.2) is 0 Å². The largest absolute Gasteiger partial charge is 0.471 e. The van der Waals surface area contributed by atoms with Crippen molar-refractivity contribution >= 4 is 31.2 Å². The summed E-state index contributed by atoms with van der Waals surface area (Å²) in [6.45, 7) is 2.46. The molecular formula is C17H24F3N2O6PS. The lowest BCUT2D eigenvalue weighted by atomic mass is 10.4. The van der Waals surface area contributed by atoms with Crippen molar-refractivity contribution in [2.24, 2.45) is 5.73 Å². The van der Waals surface area contributed by atoms with Gasteiger partial charge in [-0.2, -0.15) is 13.2 Å². The van der Waals surface area contributed by atoms with Gasteiger partial charge in [0, 0.05) is 4.90 Å². The zero-order chi connectivity index (χ0) is 23.0. The maximum atomic E-state index is 13.5. The van der Waals surface area contributed by atoms with Gasteiger partial charge in [0.25, 0.3) is 0 Å². The van der Waals surface area contributed by atoms with Gasteiger partial charge in [0.2, 0.25) is 4.74 Å². The Labute approximate surface area is 176 Å². The summed E-state index contributed by atoms with van der Waals surface area (Å²) in [5.41, 5.74) is 6.21. The Bertz CT molecular complexity index is 758. The van der Waals surface area contributed by atoms with Crippen molar-refractivity contribution < 1.29 is 41.1 Å². The van der Waals surface area contributed by atoms with Crippen LogP contribution in [0.1, 0.15) is 20.8 Å². The third-order valence-corrected chi connectivity index (χ3v) is 7.66. The molecule has 2 N–H and O–H groups in total. The minimum Gasteiger partial charge on any atom is -0.465 e. The number of halogens is 3. The Kier molecular flexibility index (Phi) is 9.83. The molecule has 1 aromatic carbocycles. The van der Waals surface area contributed by atoms with Gasteiger partial charge in [0.1, 0.15) is 6.54 Å². The number of amides is 1. The second-order valence-electron chi connectivity index (χ2n) is 5.60. The first-order chi connectivity index (χ1) is 13.9. The highest BCUT2D eigenvalue weighted by Gasteiger charge is 2.60. The van der Waals surface area contributed by atoms with E-state index in [1.165, 1.54) is 32.9 Å². The minimum absolute atomic E-state index is 0.0608. The Morgan fingerprint density at radius 2 is 1.60 bits per heavy atom. The third-order valence-electron chi connectivity index (χ3n) is 3.47. The lowest BCUT2D eigenvalue weighted by Crippen LogP contribution is -2.60. The molecule has 0 aliphatic rings. The van der Waals surface area contributed by atoms with E-state index in [-0.39, 0.29) is 29.6 Å². The normalized spacial score (nSPS) is 14.1. The number of hydrogen-bond donors (Lipinski definition) is 1. The Morgan fingerprint density at radius 1 is 1.07 bits per heavy atom. The number of nitrogens with zero attached hydrogens (tertiary/aromatic N) is 1. The molecule has 1 rings (SSSR count). The summed E-state index contributed by atoms with van der Waals surface area (Å²) in [6, 6.07) is 7.74. The van der Waals surface area contributed by atoms with Crippen LogP contribution < -0.4 is 5.73 Å². The van der Waals surface area contributed by atoms with Crippen molar-refractivity contribution in [2.75, 3.05) is 26.4 Å². The molecule has 0 radical (unpaired) electrons. The van der Waals surface area contributed by atoms with E-state index in [1.54, 1.807) is 18.2 Å². The average Bonchev–Trinajstić information content (AvgIpc) is 2.66. The van der Waals surface area contributed by atoms with E-state index in [1.807, 2.05) is 0 Å². The van der Waals surface area contributed by atoms with Crippen molar-refractivity contribution in [2.45, 2.75) is 36.6 Å². The van der Waals surface area contributed by atoms with Crippen LogP contribution in [0.15, 0.2) is 35.2 Å². The number of thioether (sulfide) groups is 1. The van der Waals surface area contributed by atoms with Gasteiger partial charge >= 0.3 is 25.6 Å². The molecule has 1 amide bonds. The summed E-state index contributed by atoms with van der Waals surface area (Å²) in [5, 5.41) is 0. The Morgan fingerprint density at radius 3 is 2.03 bits per heavy atom. The Hall–Kier alpha value is -1.59. The minimum atomic E-state index is -5.42. The maximum absolute atomic E-state index is 13.5. The van der Waals surface area contributed by atoms with E-state index >= 15 is 0 Å². The number of benzene rings is 1. The maximum Gasteiger partial charge on any atom is 0.471 e. The van der Waals surface area contributed by atoms with E-state index in [0.29, 0.717) is 11.8 Å². The molecule has 8 nitrogen and oxygen atoms in total. The summed E-state index contributed by atoms with van der Waals surface area (Å²) in [7, 11) is -4.62. The quantitative estimate of drug-likeness (QED) is 0.225. The SMILES string of the molecule is CCOC(=O)CN(C(=O)C(F)(F)F)C(N)(Sc1ccccc1)P(=O)(OCC)OCC. The zero-order valence-corrected chi connectivity index (χ0v) is 18.4. The number of ether oxygens (including phenoxy) is 1. The molecule has 0 saturated carbocycles. The van der Waals surface area contributed by atoms with Crippen LogP contribution >= 0.6 is 19.4 Å². The lowest BCUT2D eigenvalue weighted by molar-refractivity contribution is -0.189. The van der Waals surface area contributed by atoms with Gasteiger partial charge in [-0.15, -0.1) is 0 Å². The van der Waals surface area contributed by atoms with Gasteiger partial charge in [-0.05, 0) is 32.9 Å². The van der Waals surface area contributed by atoms with Crippen molar-refractivity contribution in [3.63, 3.8) is 0 Å².